The molecule has 1 aliphatic rings. The number of non-ortho nitro benzene ring substituents is 1. The maximum absolute atomic E-state index is 12.8. The van der Waals surface area contributed by atoms with Crippen molar-refractivity contribution < 1.29 is 19.2 Å². The minimum atomic E-state index is -0.448. The molecule has 0 fully saturated rings. The summed E-state index contributed by atoms with van der Waals surface area (Å²) in [5, 5.41) is 16.5. The Kier molecular flexibility index (Phi) is 5.56. The molecule has 0 unspecified atom stereocenters. The highest BCUT2D eigenvalue weighted by Crippen LogP contribution is 2.41. The first-order valence-electron chi connectivity index (χ1n) is 11.1. The number of aromatic amines is 1. The van der Waals surface area contributed by atoms with Crippen LogP contribution >= 0.6 is 0 Å². The number of hydrogen-bond donors (Lipinski definition) is 3. The molecule has 36 heavy (non-hydrogen) atoms. The maximum atomic E-state index is 12.8. The number of hydrogen-bond acceptors (Lipinski definition) is 6. The number of rotatable bonds is 5. The Bertz CT molecular complexity index is 1520. The molecule has 0 saturated heterocycles. The molecule has 5 rings (SSSR count). The molecule has 1 aliphatic heterocycles. The van der Waals surface area contributed by atoms with Crippen LogP contribution in [0.2, 0.25) is 0 Å². The van der Waals surface area contributed by atoms with Crippen LogP contribution in [0.4, 0.5) is 21.9 Å². The van der Waals surface area contributed by atoms with Crippen molar-refractivity contribution in [2.45, 2.75) is 19.4 Å². The number of carbonyl (C=O) groups is 1. The Hall–Kier alpha value is -4.86. The number of H-pyrrole nitrogens is 1. The summed E-state index contributed by atoms with van der Waals surface area (Å²) in [4.78, 5) is 30.9. The van der Waals surface area contributed by atoms with Gasteiger partial charge in [-0.25, -0.2) is 9.78 Å². The van der Waals surface area contributed by atoms with Crippen LogP contribution in [0.15, 0.2) is 60.7 Å². The van der Waals surface area contributed by atoms with Gasteiger partial charge in [0.15, 0.2) is 5.75 Å². The zero-order valence-corrected chi connectivity index (χ0v) is 19.8. The fourth-order valence-corrected chi connectivity index (χ4v) is 3.99. The number of amides is 2. The molecule has 0 spiro atoms. The molecule has 3 N–H and O–H groups in total. The summed E-state index contributed by atoms with van der Waals surface area (Å²) in [6.07, 6.45) is 3.86. The summed E-state index contributed by atoms with van der Waals surface area (Å²) in [6.45, 7) is 3.92. The highest BCUT2D eigenvalue weighted by Gasteiger charge is 2.25. The van der Waals surface area contributed by atoms with E-state index in [0.29, 0.717) is 39.8 Å². The fourth-order valence-electron chi connectivity index (χ4n) is 3.99. The van der Waals surface area contributed by atoms with Gasteiger partial charge in [0.1, 0.15) is 17.2 Å². The molecule has 0 atom stereocenters. The van der Waals surface area contributed by atoms with Gasteiger partial charge in [-0.05, 0) is 68.5 Å². The highest BCUT2D eigenvalue weighted by atomic mass is 16.6. The van der Waals surface area contributed by atoms with Crippen molar-refractivity contribution in [1.82, 2.24) is 9.97 Å². The summed E-state index contributed by atoms with van der Waals surface area (Å²) in [5.41, 5.74) is 3.50. The molecule has 0 bridgehead atoms. The number of nitro benzene ring substituents is 1. The topological polar surface area (TPSA) is 131 Å². The third-order valence-corrected chi connectivity index (χ3v) is 5.73. The maximum Gasteiger partial charge on any atom is 0.323 e. The van der Waals surface area contributed by atoms with E-state index in [-0.39, 0.29) is 5.69 Å². The lowest BCUT2D eigenvalue weighted by atomic mass is 10.0. The van der Waals surface area contributed by atoms with Gasteiger partial charge in [-0.2, -0.15) is 0 Å². The standard InChI is InChI=1S/C26H23N5O5/c1-26(2)13-12-18-22(36-26)11-10-20(23(18)35-3)30-25(32)27-16-6-9-19-21(14-16)29-24(28-19)15-4-7-17(8-5-15)31(33)34/h4-14H,1-3H3,(H,28,29)(H2,27,30,32). The number of nitrogens with one attached hydrogen (secondary N) is 3. The number of ether oxygens (including phenoxy) is 2. The monoisotopic (exact) mass is 485 g/mol. The van der Waals surface area contributed by atoms with Crippen molar-refractivity contribution in [3.05, 3.63) is 76.4 Å². The summed E-state index contributed by atoms with van der Waals surface area (Å²) in [7, 11) is 1.54. The van der Waals surface area contributed by atoms with Gasteiger partial charge in [0.05, 0.1) is 34.3 Å². The van der Waals surface area contributed by atoms with Gasteiger partial charge >= 0.3 is 6.03 Å². The molecule has 0 radical (unpaired) electrons. The number of imidazole rings is 1. The predicted octanol–water partition coefficient (Wildman–Crippen LogP) is 5.97. The molecular weight excluding hydrogens is 462 g/mol. The lowest BCUT2D eigenvalue weighted by Crippen LogP contribution is -2.27. The number of urea groups is 1. The molecular formula is C26H23N5O5. The number of fused-ring (bicyclic) bond motifs is 2. The van der Waals surface area contributed by atoms with Crippen LogP contribution in [0.1, 0.15) is 19.4 Å². The van der Waals surface area contributed by atoms with Gasteiger partial charge in [-0.3, -0.25) is 10.1 Å². The van der Waals surface area contributed by atoms with E-state index in [1.54, 1.807) is 49.6 Å². The first-order chi connectivity index (χ1) is 17.2. The van der Waals surface area contributed by atoms with Gasteiger partial charge in [0.25, 0.3) is 5.69 Å². The third kappa shape index (κ3) is 4.43. The molecule has 4 aromatic rings. The van der Waals surface area contributed by atoms with E-state index in [1.165, 1.54) is 12.1 Å². The lowest BCUT2D eigenvalue weighted by molar-refractivity contribution is -0.384. The lowest BCUT2D eigenvalue weighted by Gasteiger charge is -2.29. The van der Waals surface area contributed by atoms with Gasteiger partial charge in [0.2, 0.25) is 0 Å². The smallest absolute Gasteiger partial charge is 0.323 e. The minimum absolute atomic E-state index is 0.00954. The number of nitro groups is 1. The fraction of sp³-hybridized carbons (Fsp3) is 0.154. The second kappa shape index (κ2) is 8.73. The number of nitrogens with zero attached hydrogens (tertiary/aromatic N) is 2. The van der Waals surface area contributed by atoms with E-state index < -0.39 is 16.6 Å². The minimum Gasteiger partial charge on any atom is -0.494 e. The largest absolute Gasteiger partial charge is 0.494 e. The predicted molar refractivity (Wildman–Crippen MR) is 138 cm³/mol. The zero-order valence-electron chi connectivity index (χ0n) is 19.8. The first kappa shape index (κ1) is 22.9. The van der Waals surface area contributed by atoms with Gasteiger partial charge in [0, 0.05) is 23.4 Å². The van der Waals surface area contributed by atoms with Crippen molar-refractivity contribution >= 4 is 40.2 Å². The zero-order chi connectivity index (χ0) is 25.4. The summed E-state index contributed by atoms with van der Waals surface area (Å²) >= 11 is 0. The van der Waals surface area contributed by atoms with E-state index in [9.17, 15) is 14.9 Å². The number of anilines is 2. The van der Waals surface area contributed by atoms with Crippen LogP contribution < -0.4 is 20.1 Å². The average molecular weight is 486 g/mol. The Morgan fingerprint density at radius 3 is 2.61 bits per heavy atom. The van der Waals surface area contributed by atoms with Crippen LogP contribution in [-0.4, -0.2) is 33.6 Å². The molecule has 10 nitrogen and oxygen atoms in total. The van der Waals surface area contributed by atoms with Crippen molar-refractivity contribution in [2.75, 3.05) is 17.7 Å². The number of methoxy groups -OCH3 is 1. The van der Waals surface area contributed by atoms with Crippen LogP contribution in [0.3, 0.4) is 0 Å². The van der Waals surface area contributed by atoms with Crippen LogP contribution in [0, 0.1) is 10.1 Å². The van der Waals surface area contributed by atoms with Crippen molar-refractivity contribution in [3.8, 4) is 22.9 Å². The second-order valence-electron chi connectivity index (χ2n) is 8.80. The summed E-state index contributed by atoms with van der Waals surface area (Å²) in [5.74, 6) is 1.75. The molecule has 2 amide bonds. The first-order valence-corrected chi connectivity index (χ1v) is 11.1. The van der Waals surface area contributed by atoms with E-state index in [4.69, 9.17) is 9.47 Å². The molecule has 0 aliphatic carbocycles. The van der Waals surface area contributed by atoms with E-state index in [2.05, 4.69) is 20.6 Å². The van der Waals surface area contributed by atoms with Crippen molar-refractivity contribution in [1.29, 1.82) is 0 Å². The van der Waals surface area contributed by atoms with Gasteiger partial charge in [-0.15, -0.1) is 0 Å². The second-order valence-corrected chi connectivity index (χ2v) is 8.80. The quantitative estimate of drug-likeness (QED) is 0.236. The number of aromatic nitrogens is 2. The summed E-state index contributed by atoms with van der Waals surface area (Å²) in [6, 6.07) is 14.5. The van der Waals surface area contributed by atoms with E-state index in [1.807, 2.05) is 26.0 Å². The Labute approximate surface area is 206 Å². The van der Waals surface area contributed by atoms with Crippen LogP contribution in [0.25, 0.3) is 28.5 Å². The number of carbonyl (C=O) groups excluding carboxylic acids is 1. The Morgan fingerprint density at radius 2 is 1.89 bits per heavy atom. The van der Waals surface area contributed by atoms with Crippen LogP contribution in [-0.2, 0) is 0 Å². The molecule has 0 saturated carbocycles. The average Bonchev–Trinajstić information content (AvgIpc) is 3.27. The Morgan fingerprint density at radius 1 is 1.11 bits per heavy atom. The van der Waals surface area contributed by atoms with Crippen molar-refractivity contribution in [2.24, 2.45) is 0 Å². The van der Waals surface area contributed by atoms with E-state index in [0.717, 1.165) is 11.1 Å². The SMILES string of the molecule is COc1c(NC(=O)Nc2ccc3[nH]c(-c4ccc([N+](=O)[O-])cc4)nc3c2)ccc2c1C=CC(C)(C)O2. The number of benzene rings is 3. The van der Waals surface area contributed by atoms with Crippen molar-refractivity contribution in [3.63, 3.8) is 0 Å². The summed E-state index contributed by atoms with van der Waals surface area (Å²) < 4.78 is 11.5. The Balaban J connectivity index is 1.33. The molecule has 182 valence electrons. The van der Waals surface area contributed by atoms with E-state index >= 15 is 0 Å². The van der Waals surface area contributed by atoms with Gasteiger partial charge < -0.3 is 25.1 Å². The normalized spacial score (nSPS) is 13.5. The molecule has 3 aromatic carbocycles. The third-order valence-electron chi connectivity index (χ3n) is 5.73. The molecule has 1 aromatic heterocycles. The molecule has 2 heterocycles. The molecule has 10 heteroatoms. The highest BCUT2D eigenvalue weighted by molar-refractivity contribution is 6.02. The van der Waals surface area contributed by atoms with Gasteiger partial charge in [-0.1, -0.05) is 0 Å². The van der Waals surface area contributed by atoms with Crippen LogP contribution in [0.5, 0.6) is 11.5 Å².